The molecule has 0 fully saturated rings. The van der Waals surface area contributed by atoms with Gasteiger partial charge in [-0.15, -0.1) is 0 Å². The van der Waals surface area contributed by atoms with Crippen LogP contribution in [0.4, 0.5) is 8.78 Å². The molecule has 2 atom stereocenters. The molecule has 2 heteroatoms. The van der Waals surface area contributed by atoms with Gasteiger partial charge in [0.15, 0.2) is 0 Å². The van der Waals surface area contributed by atoms with Crippen molar-refractivity contribution in [2.75, 3.05) is 0 Å². The molecule has 1 aliphatic carbocycles. The summed E-state index contributed by atoms with van der Waals surface area (Å²) in [5.74, 6) is -0.324. The van der Waals surface area contributed by atoms with Gasteiger partial charge >= 0.3 is 0 Å². The number of halogens is 2. The van der Waals surface area contributed by atoms with Crippen molar-refractivity contribution in [2.24, 2.45) is 5.92 Å². The second-order valence-corrected chi connectivity index (χ2v) is 7.27. The minimum atomic E-state index is -0.871. The normalized spacial score (nSPS) is 17.5. The van der Waals surface area contributed by atoms with Gasteiger partial charge in [-0.3, -0.25) is 0 Å². The average molecular weight is 381 g/mol. The van der Waals surface area contributed by atoms with E-state index in [1.807, 2.05) is 31.2 Å². The number of allylic oxidation sites excluding steroid dienone is 11. The van der Waals surface area contributed by atoms with E-state index in [2.05, 4.69) is 31.7 Å². The predicted molar refractivity (Wildman–Crippen MR) is 117 cm³/mol. The van der Waals surface area contributed by atoms with Crippen LogP contribution < -0.4 is 0 Å². The van der Waals surface area contributed by atoms with Crippen LogP contribution in [0.2, 0.25) is 0 Å². The summed E-state index contributed by atoms with van der Waals surface area (Å²) < 4.78 is 27.7. The van der Waals surface area contributed by atoms with Crippen LogP contribution in [0, 0.1) is 18.7 Å². The molecule has 0 saturated heterocycles. The summed E-state index contributed by atoms with van der Waals surface area (Å²) in [5.41, 5.74) is 5.49. The number of rotatable bonds is 7. The lowest BCUT2D eigenvalue weighted by Gasteiger charge is -2.15. The number of aryl methyl sites for hydroxylation is 1. The lowest BCUT2D eigenvalue weighted by Crippen LogP contribution is -2.10. The Morgan fingerprint density at radius 1 is 1.21 bits per heavy atom. The maximum Gasteiger partial charge on any atom is 0.126 e. The van der Waals surface area contributed by atoms with E-state index in [1.54, 1.807) is 32.1 Å². The molecule has 0 bridgehead atoms. The zero-order chi connectivity index (χ0) is 20.7. The van der Waals surface area contributed by atoms with Crippen LogP contribution in [-0.4, -0.2) is 6.17 Å². The van der Waals surface area contributed by atoms with Crippen LogP contribution in [0.15, 0.2) is 84.0 Å². The highest BCUT2D eigenvalue weighted by Gasteiger charge is 2.15. The van der Waals surface area contributed by atoms with Gasteiger partial charge in [0.1, 0.15) is 12.0 Å². The highest BCUT2D eigenvalue weighted by molar-refractivity contribution is 5.77. The van der Waals surface area contributed by atoms with Crippen molar-refractivity contribution in [3.05, 3.63) is 101 Å². The number of benzene rings is 1. The summed E-state index contributed by atoms with van der Waals surface area (Å²) >= 11 is 0. The molecule has 1 aromatic carbocycles. The first kappa shape index (κ1) is 21.8. The quantitative estimate of drug-likeness (QED) is 0.423. The summed E-state index contributed by atoms with van der Waals surface area (Å²) in [6.45, 7) is 11.3. The Hall–Kier alpha value is -2.48. The molecule has 0 heterocycles. The number of hydrogen-bond donors (Lipinski definition) is 0. The Labute approximate surface area is 168 Å². The van der Waals surface area contributed by atoms with Crippen LogP contribution in [0.25, 0.3) is 5.57 Å². The van der Waals surface area contributed by atoms with Gasteiger partial charge in [-0.2, -0.15) is 0 Å². The van der Waals surface area contributed by atoms with E-state index in [0.717, 1.165) is 40.7 Å². The van der Waals surface area contributed by atoms with E-state index in [1.165, 1.54) is 0 Å². The van der Waals surface area contributed by atoms with Gasteiger partial charge in [0, 0.05) is 5.92 Å². The minimum absolute atomic E-state index is 0.103. The third kappa shape index (κ3) is 5.51. The first-order valence-corrected chi connectivity index (χ1v) is 9.89. The van der Waals surface area contributed by atoms with Crippen LogP contribution >= 0.6 is 0 Å². The Morgan fingerprint density at radius 3 is 2.57 bits per heavy atom. The Morgan fingerprint density at radius 2 is 1.96 bits per heavy atom. The first-order valence-electron chi connectivity index (χ1n) is 9.89. The molecule has 2 rings (SSSR count). The van der Waals surface area contributed by atoms with Crippen molar-refractivity contribution in [2.45, 2.75) is 46.7 Å². The number of hydrogen-bond acceptors (Lipinski definition) is 0. The third-order valence-electron chi connectivity index (χ3n) is 5.20. The molecular weight excluding hydrogens is 350 g/mol. The van der Waals surface area contributed by atoms with Gasteiger partial charge in [0.2, 0.25) is 0 Å². The monoisotopic (exact) mass is 380 g/mol. The first-order chi connectivity index (χ1) is 13.4. The highest BCUT2D eigenvalue weighted by atomic mass is 19.1. The number of alkyl halides is 1. The molecule has 0 N–H and O–H groups in total. The third-order valence-corrected chi connectivity index (χ3v) is 5.20. The molecule has 0 radical (unpaired) electrons. The summed E-state index contributed by atoms with van der Waals surface area (Å²) in [5, 5.41) is 0. The molecule has 0 nitrogen and oxygen atoms in total. The van der Waals surface area contributed by atoms with Gasteiger partial charge in [0.25, 0.3) is 0 Å². The fourth-order valence-electron chi connectivity index (χ4n) is 3.15. The average Bonchev–Trinajstić information content (AvgIpc) is 2.93. The van der Waals surface area contributed by atoms with Crippen LogP contribution in [-0.2, 0) is 0 Å². The second kappa shape index (κ2) is 10.2. The smallest absolute Gasteiger partial charge is 0.126 e. The van der Waals surface area contributed by atoms with Crippen LogP contribution in [0.5, 0.6) is 0 Å². The summed E-state index contributed by atoms with van der Waals surface area (Å²) in [4.78, 5) is 0. The molecule has 0 spiro atoms. The van der Waals surface area contributed by atoms with Gasteiger partial charge in [0.05, 0.1) is 0 Å². The predicted octanol–water partition coefficient (Wildman–Crippen LogP) is 7.85. The second-order valence-electron chi connectivity index (χ2n) is 7.27. The lowest BCUT2D eigenvalue weighted by molar-refractivity contribution is 0.289. The van der Waals surface area contributed by atoms with E-state index in [-0.39, 0.29) is 11.7 Å². The van der Waals surface area contributed by atoms with Crippen LogP contribution in [0.3, 0.4) is 0 Å². The van der Waals surface area contributed by atoms with E-state index in [0.29, 0.717) is 5.56 Å². The Balaban J connectivity index is 2.44. The van der Waals surface area contributed by atoms with Gasteiger partial charge in [-0.25, -0.2) is 8.78 Å². The maximum atomic E-state index is 14.0. The van der Waals surface area contributed by atoms with Crippen molar-refractivity contribution < 1.29 is 8.78 Å². The summed E-state index contributed by atoms with van der Waals surface area (Å²) in [6.07, 6.45) is 14.9. The summed E-state index contributed by atoms with van der Waals surface area (Å²) in [7, 11) is 0. The molecule has 1 aromatic rings. The van der Waals surface area contributed by atoms with Crippen LogP contribution in [0.1, 0.15) is 44.7 Å². The maximum absolute atomic E-state index is 14.0. The molecule has 0 aliphatic heterocycles. The standard InChI is InChI=1S/C26H30F2/c1-6-9-24(16-21(7-2)25-13-12-18(3)26(28)17-25)23-11-8-10-22(14-15-23)19(4)20(5)27/h7-9,11-17,19-20H,2,6,10H2,1,3-5H3/b21-16-,24-9+. The molecule has 1 aliphatic rings. The molecule has 0 saturated carbocycles. The van der Waals surface area contributed by atoms with E-state index in [4.69, 9.17) is 0 Å². The molecule has 28 heavy (non-hydrogen) atoms. The van der Waals surface area contributed by atoms with Crippen molar-refractivity contribution in [1.29, 1.82) is 0 Å². The van der Waals surface area contributed by atoms with E-state index in [9.17, 15) is 8.78 Å². The fourth-order valence-corrected chi connectivity index (χ4v) is 3.15. The van der Waals surface area contributed by atoms with Gasteiger partial charge in [-0.1, -0.05) is 74.6 Å². The van der Waals surface area contributed by atoms with E-state index >= 15 is 0 Å². The molecule has 0 amide bonds. The lowest BCUT2D eigenvalue weighted by atomic mass is 9.94. The molecule has 2 unspecified atom stereocenters. The largest absolute Gasteiger partial charge is 0.247 e. The molecule has 0 aromatic heterocycles. The zero-order valence-electron chi connectivity index (χ0n) is 17.3. The van der Waals surface area contributed by atoms with E-state index < -0.39 is 6.17 Å². The topological polar surface area (TPSA) is 0 Å². The van der Waals surface area contributed by atoms with Crippen molar-refractivity contribution >= 4 is 5.57 Å². The Kier molecular flexibility index (Phi) is 7.92. The van der Waals surface area contributed by atoms with Crippen molar-refractivity contribution in [3.8, 4) is 0 Å². The molecule has 148 valence electrons. The summed E-state index contributed by atoms with van der Waals surface area (Å²) in [6, 6.07) is 5.24. The Bertz CT molecular complexity index is 860. The fraction of sp³-hybridized carbons (Fsp3) is 0.308. The zero-order valence-corrected chi connectivity index (χ0v) is 17.3. The van der Waals surface area contributed by atoms with Crippen molar-refractivity contribution in [1.82, 2.24) is 0 Å². The van der Waals surface area contributed by atoms with Gasteiger partial charge in [-0.05, 0) is 66.7 Å². The highest BCUT2D eigenvalue weighted by Crippen LogP contribution is 2.28. The molecular formula is C26H30F2. The van der Waals surface area contributed by atoms with Crippen molar-refractivity contribution in [3.63, 3.8) is 0 Å². The minimum Gasteiger partial charge on any atom is -0.247 e. The SMILES string of the molecule is C=C/C(=C/C(=C\CC)C1=CC=C(C(C)C(C)F)CC=C1)c1ccc(C)c(F)c1. The van der Waals surface area contributed by atoms with Gasteiger partial charge < -0.3 is 0 Å².